The molecule has 0 fully saturated rings. The van der Waals surface area contributed by atoms with E-state index in [4.69, 9.17) is 28.3 Å². The Labute approximate surface area is 191 Å². The molecule has 9 heteroatoms. The van der Waals surface area contributed by atoms with Crippen LogP contribution in [-0.2, 0) is 6.54 Å². The lowest BCUT2D eigenvalue weighted by Crippen LogP contribution is -2.00. The second kappa shape index (κ2) is 8.98. The average Bonchev–Trinajstić information content (AvgIpc) is 3.21. The molecular weight excluding hydrogens is 459 g/mol. The summed E-state index contributed by atoms with van der Waals surface area (Å²) in [4.78, 5) is 11.1. The number of nitrogens with zero attached hydrogens (tertiary/aromatic N) is 2. The summed E-state index contributed by atoms with van der Waals surface area (Å²) in [7, 11) is 0. The lowest BCUT2D eigenvalue weighted by Gasteiger charge is -2.08. The van der Waals surface area contributed by atoms with Gasteiger partial charge in [-0.15, -0.1) is 0 Å². The van der Waals surface area contributed by atoms with Crippen molar-refractivity contribution in [1.29, 1.82) is 0 Å². The molecule has 1 aromatic heterocycles. The fraction of sp³-hybridized carbons (Fsp3) is 0.0435. The van der Waals surface area contributed by atoms with Crippen LogP contribution in [0.15, 0.2) is 66.9 Å². The van der Waals surface area contributed by atoms with Gasteiger partial charge in [-0.1, -0.05) is 23.2 Å². The van der Waals surface area contributed by atoms with E-state index in [1.54, 1.807) is 41.2 Å². The van der Waals surface area contributed by atoms with E-state index >= 15 is 0 Å². The largest absolute Gasteiger partial charge is 0.478 e. The first-order chi connectivity index (χ1) is 15.3. The Morgan fingerprint density at radius 2 is 1.72 bits per heavy atom. The fourth-order valence-electron chi connectivity index (χ4n) is 3.12. The molecular formula is C23H15Cl2F2N3O2. The zero-order valence-corrected chi connectivity index (χ0v) is 17.8. The Bertz CT molecular complexity index is 1310. The van der Waals surface area contributed by atoms with Gasteiger partial charge < -0.3 is 10.4 Å². The van der Waals surface area contributed by atoms with Gasteiger partial charge in [0, 0.05) is 29.6 Å². The van der Waals surface area contributed by atoms with Crippen molar-refractivity contribution >= 4 is 34.9 Å². The molecule has 0 unspecified atom stereocenters. The van der Waals surface area contributed by atoms with E-state index in [1.807, 2.05) is 0 Å². The van der Waals surface area contributed by atoms with E-state index < -0.39 is 17.6 Å². The number of halogens is 4. The lowest BCUT2D eigenvalue weighted by molar-refractivity contribution is 0.0697. The van der Waals surface area contributed by atoms with E-state index in [2.05, 4.69) is 10.4 Å². The molecule has 0 aliphatic carbocycles. The third kappa shape index (κ3) is 4.59. The van der Waals surface area contributed by atoms with Gasteiger partial charge in [0.05, 0.1) is 27.0 Å². The minimum atomic E-state index is -1.04. The van der Waals surface area contributed by atoms with Crippen LogP contribution < -0.4 is 5.32 Å². The van der Waals surface area contributed by atoms with Gasteiger partial charge >= 0.3 is 5.97 Å². The van der Waals surface area contributed by atoms with Gasteiger partial charge in [0.25, 0.3) is 0 Å². The van der Waals surface area contributed by atoms with Gasteiger partial charge in [-0.25, -0.2) is 18.3 Å². The second-order valence-electron chi connectivity index (χ2n) is 6.91. The van der Waals surface area contributed by atoms with E-state index in [-0.39, 0.29) is 5.56 Å². The van der Waals surface area contributed by atoms with Crippen LogP contribution in [0.2, 0.25) is 10.0 Å². The molecule has 32 heavy (non-hydrogen) atoms. The number of rotatable bonds is 6. The molecule has 0 saturated carbocycles. The Balaban J connectivity index is 1.71. The van der Waals surface area contributed by atoms with Crippen LogP contribution in [-0.4, -0.2) is 20.9 Å². The quantitative estimate of drug-likeness (QED) is 0.338. The summed E-state index contributed by atoms with van der Waals surface area (Å²) in [5.41, 5.74) is 3.01. The van der Waals surface area contributed by atoms with Crippen LogP contribution >= 0.6 is 23.2 Å². The summed E-state index contributed by atoms with van der Waals surface area (Å²) in [6.07, 6.45) is 1.73. The number of hydrogen-bond acceptors (Lipinski definition) is 3. The predicted octanol–water partition coefficient (Wildman–Crippen LogP) is 6.43. The summed E-state index contributed by atoms with van der Waals surface area (Å²) in [5.74, 6) is -2.97. The van der Waals surface area contributed by atoms with Crippen LogP contribution in [0.4, 0.5) is 14.5 Å². The lowest BCUT2D eigenvalue weighted by atomic mass is 10.1. The molecule has 4 rings (SSSR count). The predicted molar refractivity (Wildman–Crippen MR) is 120 cm³/mol. The van der Waals surface area contributed by atoms with Crippen molar-refractivity contribution in [3.8, 4) is 16.9 Å². The highest BCUT2D eigenvalue weighted by Crippen LogP contribution is 2.28. The minimum absolute atomic E-state index is 0.142. The number of hydrogen-bond donors (Lipinski definition) is 2. The molecule has 1 heterocycles. The van der Waals surface area contributed by atoms with Crippen molar-refractivity contribution in [1.82, 2.24) is 9.78 Å². The Morgan fingerprint density at radius 1 is 0.969 bits per heavy atom. The molecule has 4 aromatic rings. The van der Waals surface area contributed by atoms with Crippen LogP contribution in [0, 0.1) is 11.6 Å². The van der Waals surface area contributed by atoms with E-state index in [9.17, 15) is 13.6 Å². The summed E-state index contributed by atoms with van der Waals surface area (Å²) >= 11 is 12.0. The number of aromatic nitrogens is 2. The number of aromatic carboxylic acids is 1. The molecule has 0 aliphatic heterocycles. The molecule has 0 aliphatic rings. The zero-order chi connectivity index (χ0) is 22.8. The van der Waals surface area contributed by atoms with Crippen LogP contribution in [0.3, 0.4) is 0 Å². The van der Waals surface area contributed by atoms with Gasteiger partial charge in [0.1, 0.15) is 0 Å². The molecule has 0 atom stereocenters. The Hall–Kier alpha value is -3.42. The first-order valence-electron chi connectivity index (χ1n) is 9.38. The number of nitrogens with one attached hydrogen (secondary N) is 1. The number of carboxylic acid groups (broad SMARTS) is 1. The summed E-state index contributed by atoms with van der Waals surface area (Å²) < 4.78 is 28.9. The van der Waals surface area contributed by atoms with Crippen molar-refractivity contribution in [2.45, 2.75) is 6.54 Å². The average molecular weight is 474 g/mol. The number of carboxylic acids is 1. The van der Waals surface area contributed by atoms with Crippen molar-refractivity contribution in [3.63, 3.8) is 0 Å². The molecule has 0 bridgehead atoms. The fourth-order valence-corrected chi connectivity index (χ4v) is 3.42. The van der Waals surface area contributed by atoms with E-state index in [1.165, 1.54) is 18.2 Å². The maximum atomic E-state index is 13.9. The van der Waals surface area contributed by atoms with Gasteiger partial charge in [-0.05, 0) is 60.7 Å². The van der Waals surface area contributed by atoms with Gasteiger partial charge in [0.15, 0.2) is 11.6 Å². The molecule has 0 saturated heterocycles. The summed E-state index contributed by atoms with van der Waals surface area (Å²) in [6, 6.07) is 14.8. The van der Waals surface area contributed by atoms with Crippen LogP contribution in [0.5, 0.6) is 0 Å². The number of benzene rings is 3. The highest BCUT2D eigenvalue weighted by Gasteiger charge is 2.15. The maximum absolute atomic E-state index is 13.9. The number of anilines is 1. The van der Waals surface area contributed by atoms with Crippen molar-refractivity contribution in [2.24, 2.45) is 0 Å². The molecule has 3 aromatic carbocycles. The monoisotopic (exact) mass is 473 g/mol. The molecule has 2 N–H and O–H groups in total. The van der Waals surface area contributed by atoms with Crippen molar-refractivity contribution in [2.75, 3.05) is 5.32 Å². The third-order valence-electron chi connectivity index (χ3n) is 4.76. The van der Waals surface area contributed by atoms with Crippen LogP contribution in [0.1, 0.15) is 15.9 Å². The molecule has 0 spiro atoms. The topological polar surface area (TPSA) is 67.2 Å². The Kier molecular flexibility index (Phi) is 6.12. The van der Waals surface area contributed by atoms with E-state index in [0.29, 0.717) is 44.8 Å². The highest BCUT2D eigenvalue weighted by molar-refractivity contribution is 6.42. The molecule has 5 nitrogen and oxygen atoms in total. The zero-order valence-electron chi connectivity index (χ0n) is 16.3. The molecule has 0 amide bonds. The number of carbonyl (C=O) groups is 1. The minimum Gasteiger partial charge on any atom is -0.478 e. The smallest absolute Gasteiger partial charge is 0.335 e. The van der Waals surface area contributed by atoms with Gasteiger partial charge in [-0.2, -0.15) is 5.10 Å². The first-order valence-corrected chi connectivity index (χ1v) is 10.1. The van der Waals surface area contributed by atoms with E-state index in [0.717, 1.165) is 12.1 Å². The Morgan fingerprint density at radius 3 is 2.38 bits per heavy atom. The SMILES string of the molecule is O=C(O)c1ccc(-n2cc(CNc3ccc(Cl)c(Cl)c3)c(-c3ccc(F)c(F)c3)n2)cc1. The second-order valence-corrected chi connectivity index (χ2v) is 7.73. The standard InChI is InChI=1S/C23H15Cl2F2N3O2/c24-18-7-4-16(10-19(18)25)28-11-15-12-30(17-5-1-13(2-6-17)23(31)32)29-22(15)14-3-8-20(26)21(27)9-14/h1-10,12,28H,11H2,(H,31,32). The maximum Gasteiger partial charge on any atom is 0.335 e. The summed E-state index contributed by atoms with van der Waals surface area (Å²) in [5, 5.41) is 17.7. The molecule has 0 radical (unpaired) electrons. The van der Waals surface area contributed by atoms with Crippen molar-refractivity contribution in [3.05, 3.63) is 99.7 Å². The normalized spacial score (nSPS) is 10.9. The third-order valence-corrected chi connectivity index (χ3v) is 5.50. The van der Waals surface area contributed by atoms with Gasteiger partial charge in [-0.3, -0.25) is 0 Å². The van der Waals surface area contributed by atoms with Crippen LogP contribution in [0.25, 0.3) is 16.9 Å². The summed E-state index contributed by atoms with van der Waals surface area (Å²) in [6.45, 7) is 0.305. The molecule has 162 valence electrons. The van der Waals surface area contributed by atoms with Crippen molar-refractivity contribution < 1.29 is 18.7 Å². The van der Waals surface area contributed by atoms with Gasteiger partial charge in [0.2, 0.25) is 0 Å². The first kappa shape index (κ1) is 21.8. The highest BCUT2D eigenvalue weighted by atomic mass is 35.5.